The molecule has 0 aliphatic heterocycles. The maximum absolute atomic E-state index is 5.87. The van der Waals surface area contributed by atoms with Crippen LogP contribution < -0.4 is 16.0 Å². The average Bonchev–Trinajstić information content (AvgIpc) is 2.29. The topological polar surface area (TPSA) is 60.2 Å². The predicted molar refractivity (Wildman–Crippen MR) is 64.3 cm³/mol. The van der Waals surface area contributed by atoms with Gasteiger partial charge in [-0.3, -0.25) is 5.84 Å². The molecule has 1 aliphatic rings. The number of hydrogen-bond acceptors (Lipinski definition) is 4. The molecular weight excluding hydrogens is 202 g/mol. The van der Waals surface area contributed by atoms with Crippen molar-refractivity contribution in [2.24, 2.45) is 5.84 Å². The summed E-state index contributed by atoms with van der Waals surface area (Å²) in [5.74, 6) is 6.07. The highest BCUT2D eigenvalue weighted by atomic mass is 16.5. The molecule has 1 saturated carbocycles. The van der Waals surface area contributed by atoms with Gasteiger partial charge in [0, 0.05) is 11.8 Å². The molecule has 4 heteroatoms. The number of nitrogens with zero attached hydrogens (tertiary/aromatic N) is 1. The number of hydrogen-bond donors (Lipinski definition) is 2. The fourth-order valence-electron chi connectivity index (χ4n) is 2.14. The number of pyridine rings is 1. The first kappa shape index (κ1) is 11.2. The third kappa shape index (κ3) is 2.85. The molecule has 0 spiro atoms. The van der Waals surface area contributed by atoms with Gasteiger partial charge in [0.1, 0.15) is 6.10 Å². The van der Waals surface area contributed by atoms with Crippen molar-refractivity contribution in [3.63, 3.8) is 0 Å². The summed E-state index contributed by atoms with van der Waals surface area (Å²) in [6, 6.07) is 3.75. The summed E-state index contributed by atoms with van der Waals surface area (Å²) in [4.78, 5) is 4.36. The van der Waals surface area contributed by atoms with Gasteiger partial charge in [0.05, 0.1) is 5.69 Å². The molecule has 0 radical (unpaired) electrons. The highest BCUT2D eigenvalue weighted by molar-refractivity contribution is 5.45. The lowest BCUT2D eigenvalue weighted by molar-refractivity contribution is 0.148. The van der Waals surface area contributed by atoms with Crippen LogP contribution in [0, 0.1) is 6.92 Å². The zero-order valence-corrected chi connectivity index (χ0v) is 9.70. The second-order valence-corrected chi connectivity index (χ2v) is 4.36. The number of nitrogens with one attached hydrogen (secondary N) is 1. The molecule has 1 fully saturated rings. The fourth-order valence-corrected chi connectivity index (χ4v) is 2.14. The number of ether oxygens (including phenoxy) is 1. The van der Waals surface area contributed by atoms with Crippen molar-refractivity contribution in [2.75, 3.05) is 5.43 Å². The highest BCUT2D eigenvalue weighted by Crippen LogP contribution is 2.24. The van der Waals surface area contributed by atoms with Crippen molar-refractivity contribution in [3.8, 4) is 5.88 Å². The molecule has 0 bridgehead atoms. The van der Waals surface area contributed by atoms with Crippen molar-refractivity contribution in [1.29, 1.82) is 0 Å². The SMILES string of the molecule is Cc1cc(NN)cc(OC2CCCCC2)n1. The Balaban J connectivity index is 2.04. The third-order valence-electron chi connectivity index (χ3n) is 2.94. The molecule has 88 valence electrons. The summed E-state index contributed by atoms with van der Waals surface area (Å²) >= 11 is 0. The third-order valence-corrected chi connectivity index (χ3v) is 2.94. The minimum Gasteiger partial charge on any atom is -0.474 e. The van der Waals surface area contributed by atoms with E-state index in [9.17, 15) is 0 Å². The summed E-state index contributed by atoms with van der Waals surface area (Å²) in [7, 11) is 0. The lowest BCUT2D eigenvalue weighted by atomic mass is 9.98. The van der Waals surface area contributed by atoms with Crippen molar-refractivity contribution < 1.29 is 4.74 Å². The number of nitrogens with two attached hydrogens (primary N) is 1. The molecule has 3 N–H and O–H groups in total. The standard InChI is InChI=1S/C12H19N3O/c1-9-7-10(15-13)8-12(14-9)16-11-5-3-2-4-6-11/h7-8,11H,2-6,13H2,1H3,(H,14,15). The Hall–Kier alpha value is -1.29. The Morgan fingerprint density at radius 2 is 2.06 bits per heavy atom. The highest BCUT2D eigenvalue weighted by Gasteiger charge is 2.15. The quantitative estimate of drug-likeness (QED) is 0.607. The minimum atomic E-state index is 0.327. The van der Waals surface area contributed by atoms with E-state index in [1.54, 1.807) is 0 Å². The maximum atomic E-state index is 5.87. The largest absolute Gasteiger partial charge is 0.474 e. The van der Waals surface area contributed by atoms with E-state index < -0.39 is 0 Å². The molecule has 1 aromatic heterocycles. The molecule has 0 saturated heterocycles. The van der Waals surface area contributed by atoms with Crippen molar-refractivity contribution in [2.45, 2.75) is 45.1 Å². The smallest absolute Gasteiger partial charge is 0.215 e. The monoisotopic (exact) mass is 221 g/mol. The fraction of sp³-hybridized carbons (Fsp3) is 0.583. The molecule has 1 aliphatic carbocycles. The molecule has 16 heavy (non-hydrogen) atoms. The molecule has 1 heterocycles. The van der Waals surface area contributed by atoms with Crippen LogP contribution in [-0.2, 0) is 0 Å². The maximum Gasteiger partial charge on any atom is 0.215 e. The number of aromatic nitrogens is 1. The first-order valence-corrected chi connectivity index (χ1v) is 5.90. The normalized spacial score (nSPS) is 17.1. The van der Waals surface area contributed by atoms with Gasteiger partial charge in [-0.05, 0) is 38.7 Å². The second-order valence-electron chi connectivity index (χ2n) is 4.36. The molecule has 2 rings (SSSR count). The summed E-state index contributed by atoms with van der Waals surface area (Å²) in [6.45, 7) is 1.94. The van der Waals surface area contributed by atoms with Crippen LogP contribution >= 0.6 is 0 Å². The van der Waals surface area contributed by atoms with Gasteiger partial charge in [0.2, 0.25) is 5.88 Å². The second kappa shape index (κ2) is 5.16. The predicted octanol–water partition coefficient (Wildman–Crippen LogP) is 2.39. The summed E-state index contributed by atoms with van der Waals surface area (Å²) in [6.07, 6.45) is 6.46. The number of hydrazine groups is 1. The summed E-state index contributed by atoms with van der Waals surface area (Å²) in [5.41, 5.74) is 4.39. The Bertz CT molecular complexity index is 348. The molecule has 4 nitrogen and oxygen atoms in total. The summed E-state index contributed by atoms with van der Waals surface area (Å²) in [5, 5.41) is 0. The van der Waals surface area contributed by atoms with Crippen LogP contribution in [0.15, 0.2) is 12.1 Å². The minimum absolute atomic E-state index is 0.327. The number of anilines is 1. The van der Waals surface area contributed by atoms with Crippen molar-refractivity contribution >= 4 is 5.69 Å². The van der Waals surface area contributed by atoms with Crippen LogP contribution in [0.5, 0.6) is 5.88 Å². The van der Waals surface area contributed by atoms with Gasteiger partial charge < -0.3 is 10.2 Å². The van der Waals surface area contributed by atoms with Gasteiger partial charge in [-0.15, -0.1) is 0 Å². The van der Waals surface area contributed by atoms with Crippen LogP contribution in [0.2, 0.25) is 0 Å². The van der Waals surface area contributed by atoms with Gasteiger partial charge >= 0.3 is 0 Å². The number of aryl methyl sites for hydroxylation is 1. The van der Waals surface area contributed by atoms with Crippen LogP contribution in [0.25, 0.3) is 0 Å². The first-order valence-electron chi connectivity index (χ1n) is 5.90. The number of rotatable bonds is 3. The molecule has 0 unspecified atom stereocenters. The van der Waals surface area contributed by atoms with E-state index in [-0.39, 0.29) is 0 Å². The Morgan fingerprint density at radius 1 is 1.31 bits per heavy atom. The molecule has 1 aromatic rings. The zero-order valence-electron chi connectivity index (χ0n) is 9.70. The van der Waals surface area contributed by atoms with Crippen LogP contribution in [0.1, 0.15) is 37.8 Å². The van der Waals surface area contributed by atoms with E-state index in [0.29, 0.717) is 12.0 Å². The van der Waals surface area contributed by atoms with E-state index in [1.165, 1.54) is 19.3 Å². The van der Waals surface area contributed by atoms with Crippen LogP contribution in [0.4, 0.5) is 5.69 Å². The number of nitrogen functional groups attached to an aromatic ring is 1. The lowest BCUT2D eigenvalue weighted by Crippen LogP contribution is -2.20. The Kier molecular flexibility index (Phi) is 3.62. The Labute approximate surface area is 96.2 Å². The van der Waals surface area contributed by atoms with E-state index in [1.807, 2.05) is 19.1 Å². The van der Waals surface area contributed by atoms with Crippen LogP contribution in [0.3, 0.4) is 0 Å². The molecule has 0 amide bonds. The molecule has 0 atom stereocenters. The van der Waals surface area contributed by atoms with Gasteiger partial charge in [-0.2, -0.15) is 0 Å². The first-order chi connectivity index (χ1) is 7.78. The van der Waals surface area contributed by atoms with E-state index in [4.69, 9.17) is 10.6 Å². The van der Waals surface area contributed by atoms with E-state index in [2.05, 4.69) is 10.4 Å². The molecular formula is C12H19N3O. The van der Waals surface area contributed by atoms with Gasteiger partial charge in [0.25, 0.3) is 0 Å². The lowest BCUT2D eigenvalue weighted by Gasteiger charge is -2.22. The molecule has 0 aromatic carbocycles. The van der Waals surface area contributed by atoms with Gasteiger partial charge in [0.15, 0.2) is 0 Å². The van der Waals surface area contributed by atoms with Gasteiger partial charge in [-0.1, -0.05) is 6.42 Å². The average molecular weight is 221 g/mol. The summed E-state index contributed by atoms with van der Waals surface area (Å²) < 4.78 is 5.87. The van der Waals surface area contributed by atoms with E-state index in [0.717, 1.165) is 24.2 Å². The van der Waals surface area contributed by atoms with Crippen molar-refractivity contribution in [1.82, 2.24) is 4.98 Å². The Morgan fingerprint density at radius 3 is 2.75 bits per heavy atom. The zero-order chi connectivity index (χ0) is 11.4. The van der Waals surface area contributed by atoms with Crippen molar-refractivity contribution in [3.05, 3.63) is 17.8 Å². The van der Waals surface area contributed by atoms with Gasteiger partial charge in [-0.25, -0.2) is 4.98 Å². The van der Waals surface area contributed by atoms with Crippen LogP contribution in [-0.4, -0.2) is 11.1 Å². The van der Waals surface area contributed by atoms with E-state index >= 15 is 0 Å².